The topological polar surface area (TPSA) is 90.8 Å². The number of carboxylic acid groups (broad SMARTS) is 1. The van der Waals surface area contributed by atoms with Gasteiger partial charge in [0.1, 0.15) is 18.2 Å². The third-order valence-corrected chi connectivity index (χ3v) is 7.18. The maximum absolute atomic E-state index is 14.6. The summed E-state index contributed by atoms with van der Waals surface area (Å²) in [5.74, 6) is -0.0357. The van der Waals surface area contributed by atoms with Crippen molar-refractivity contribution in [3.8, 4) is 22.8 Å². The van der Waals surface area contributed by atoms with Gasteiger partial charge in [-0.3, -0.25) is 9.78 Å². The summed E-state index contributed by atoms with van der Waals surface area (Å²) in [7, 11) is 0. The Morgan fingerprint density at radius 2 is 1.84 bits per heavy atom. The van der Waals surface area contributed by atoms with Gasteiger partial charge in [-0.25, -0.2) is 9.37 Å². The van der Waals surface area contributed by atoms with Gasteiger partial charge in [-0.05, 0) is 85.5 Å². The lowest BCUT2D eigenvalue weighted by Crippen LogP contribution is -2.21. The third-order valence-electron chi connectivity index (χ3n) is 7.18. The smallest absolute Gasteiger partial charge is 0.307 e. The first-order chi connectivity index (χ1) is 17.9. The van der Waals surface area contributed by atoms with E-state index in [2.05, 4.69) is 9.97 Å². The van der Waals surface area contributed by atoms with E-state index in [9.17, 15) is 9.18 Å². The van der Waals surface area contributed by atoms with Crippen LogP contribution in [0.3, 0.4) is 0 Å². The molecule has 1 aromatic heterocycles. The van der Waals surface area contributed by atoms with Crippen molar-refractivity contribution >= 4 is 5.97 Å². The monoisotopic (exact) mass is 506 g/mol. The molecule has 1 aliphatic heterocycles. The van der Waals surface area contributed by atoms with Gasteiger partial charge in [-0.15, -0.1) is 0 Å². The Balaban J connectivity index is 1.25. The Kier molecular flexibility index (Phi) is 7.37. The number of ether oxygens (including phenoxy) is 3. The van der Waals surface area contributed by atoms with Crippen LogP contribution in [0.2, 0.25) is 0 Å². The molecule has 0 amide bonds. The van der Waals surface area contributed by atoms with Crippen LogP contribution in [0.4, 0.5) is 4.39 Å². The van der Waals surface area contributed by atoms with Crippen LogP contribution in [-0.4, -0.2) is 40.9 Å². The van der Waals surface area contributed by atoms with Crippen LogP contribution in [0.1, 0.15) is 47.6 Å². The van der Waals surface area contributed by atoms with E-state index >= 15 is 0 Å². The number of rotatable bonds is 9. The number of carbonyl (C=O) groups is 1. The zero-order valence-electron chi connectivity index (χ0n) is 21.1. The highest BCUT2D eigenvalue weighted by Crippen LogP contribution is 2.46. The Morgan fingerprint density at radius 1 is 1.08 bits per heavy atom. The molecule has 0 bridgehead atoms. The molecule has 8 heteroatoms. The maximum Gasteiger partial charge on any atom is 0.307 e. The lowest BCUT2D eigenvalue weighted by Gasteiger charge is -2.22. The van der Waals surface area contributed by atoms with Gasteiger partial charge in [-0.2, -0.15) is 0 Å². The molecule has 0 radical (unpaired) electrons. The molecule has 1 N–H and O–H groups in total. The van der Waals surface area contributed by atoms with Crippen molar-refractivity contribution in [2.45, 2.75) is 45.6 Å². The number of halogens is 1. The minimum atomic E-state index is -0.815. The van der Waals surface area contributed by atoms with Gasteiger partial charge < -0.3 is 19.3 Å². The molecule has 1 saturated heterocycles. The van der Waals surface area contributed by atoms with Crippen molar-refractivity contribution in [3.63, 3.8) is 0 Å². The highest BCUT2D eigenvalue weighted by molar-refractivity contribution is 5.75. The maximum atomic E-state index is 14.6. The van der Waals surface area contributed by atoms with E-state index in [1.807, 2.05) is 26.0 Å². The molecule has 2 atom stereocenters. The highest BCUT2D eigenvalue weighted by Gasteiger charge is 2.45. The van der Waals surface area contributed by atoms with Crippen molar-refractivity contribution in [2.75, 3.05) is 19.8 Å². The van der Waals surface area contributed by atoms with Gasteiger partial charge in [0.2, 0.25) is 5.88 Å². The molecular weight excluding hydrogens is 475 g/mol. The van der Waals surface area contributed by atoms with E-state index < -0.39 is 11.9 Å². The van der Waals surface area contributed by atoms with Crippen LogP contribution >= 0.6 is 0 Å². The second-order valence-corrected chi connectivity index (χ2v) is 9.96. The molecule has 5 rings (SSSR count). The van der Waals surface area contributed by atoms with Gasteiger partial charge in [0.25, 0.3) is 0 Å². The molecule has 1 saturated carbocycles. The predicted octanol–water partition coefficient (Wildman–Crippen LogP) is 5.47. The van der Waals surface area contributed by atoms with Crippen LogP contribution in [0.25, 0.3) is 11.1 Å². The lowest BCUT2D eigenvalue weighted by molar-refractivity contribution is -0.138. The average Bonchev–Trinajstić information content (AvgIpc) is 3.70. The van der Waals surface area contributed by atoms with Crippen molar-refractivity contribution in [1.82, 2.24) is 9.97 Å². The Morgan fingerprint density at radius 3 is 2.49 bits per heavy atom. The van der Waals surface area contributed by atoms with Gasteiger partial charge in [-0.1, -0.05) is 6.07 Å². The van der Waals surface area contributed by atoms with Gasteiger partial charge in [0.15, 0.2) is 0 Å². The molecule has 37 heavy (non-hydrogen) atoms. The van der Waals surface area contributed by atoms with Gasteiger partial charge >= 0.3 is 5.97 Å². The number of aryl methyl sites for hydroxylation is 2. The minimum Gasteiger partial charge on any atom is -0.493 e. The summed E-state index contributed by atoms with van der Waals surface area (Å²) in [6.07, 6.45) is 5.62. The quantitative estimate of drug-likeness (QED) is 0.411. The molecule has 2 fully saturated rings. The Hall–Kier alpha value is -3.52. The number of aliphatic carboxylic acids is 1. The average molecular weight is 507 g/mol. The molecule has 2 heterocycles. The molecule has 194 valence electrons. The molecule has 3 aromatic rings. The number of benzene rings is 2. The zero-order valence-corrected chi connectivity index (χ0v) is 21.1. The molecule has 2 aliphatic rings. The van der Waals surface area contributed by atoms with Crippen molar-refractivity contribution in [2.24, 2.45) is 11.8 Å². The Labute approximate surface area is 215 Å². The minimum absolute atomic E-state index is 0.000722. The van der Waals surface area contributed by atoms with E-state index in [1.54, 1.807) is 12.1 Å². The van der Waals surface area contributed by atoms with Crippen LogP contribution in [0.15, 0.2) is 42.7 Å². The highest BCUT2D eigenvalue weighted by atomic mass is 19.1. The molecule has 0 spiro atoms. The van der Waals surface area contributed by atoms with Crippen LogP contribution in [0, 0.1) is 31.5 Å². The number of nitrogens with zero attached hydrogens (tertiary/aromatic N) is 2. The summed E-state index contributed by atoms with van der Waals surface area (Å²) < 4.78 is 31.9. The van der Waals surface area contributed by atoms with Crippen molar-refractivity contribution in [1.29, 1.82) is 0 Å². The van der Waals surface area contributed by atoms with E-state index in [-0.39, 0.29) is 24.2 Å². The first kappa shape index (κ1) is 25.1. The van der Waals surface area contributed by atoms with Crippen LogP contribution < -0.4 is 9.47 Å². The Bertz CT molecular complexity index is 1250. The van der Waals surface area contributed by atoms with E-state index in [4.69, 9.17) is 19.3 Å². The van der Waals surface area contributed by atoms with Crippen molar-refractivity contribution < 1.29 is 28.5 Å². The number of hydrogen-bond acceptors (Lipinski definition) is 6. The van der Waals surface area contributed by atoms with Gasteiger partial charge in [0.05, 0.1) is 30.6 Å². The fraction of sp³-hybridized carbons (Fsp3) is 0.414. The standard InChI is InChI=1S/C29H31FN2O5/c1-17-9-22(36-15-19-5-7-35-8-6-19)10-18(2)28(17)20-3-4-25(30)21(11-20)16-37-27-14-31-26(13-32-27)23-12-24(23)29(33)34/h3-4,9-11,13-14,19,23-24H,5-8,12,15-16H2,1-2H3,(H,33,34)/t23-,24-/m1/s1. The van der Waals surface area contributed by atoms with E-state index in [0.717, 1.165) is 54.1 Å². The summed E-state index contributed by atoms with van der Waals surface area (Å²) in [5, 5.41) is 9.08. The van der Waals surface area contributed by atoms with Gasteiger partial charge in [0, 0.05) is 24.7 Å². The summed E-state index contributed by atoms with van der Waals surface area (Å²) in [6.45, 7) is 6.36. The molecule has 1 aliphatic carbocycles. The second-order valence-electron chi connectivity index (χ2n) is 9.96. The molecule has 2 aromatic carbocycles. The third kappa shape index (κ3) is 5.91. The predicted molar refractivity (Wildman–Crippen MR) is 135 cm³/mol. The second kappa shape index (κ2) is 10.8. The number of carboxylic acids is 1. The fourth-order valence-corrected chi connectivity index (χ4v) is 4.97. The van der Waals surface area contributed by atoms with Crippen LogP contribution in [0.5, 0.6) is 11.6 Å². The molecular formula is C29H31FN2O5. The van der Waals surface area contributed by atoms with E-state index in [1.165, 1.54) is 18.5 Å². The summed E-state index contributed by atoms with van der Waals surface area (Å²) in [4.78, 5) is 19.6. The first-order valence-electron chi connectivity index (χ1n) is 12.7. The molecule has 0 unspecified atom stereocenters. The van der Waals surface area contributed by atoms with E-state index in [0.29, 0.717) is 30.2 Å². The van der Waals surface area contributed by atoms with Crippen LogP contribution in [-0.2, 0) is 16.1 Å². The lowest BCUT2D eigenvalue weighted by atomic mass is 9.94. The summed E-state index contributed by atoms with van der Waals surface area (Å²) >= 11 is 0. The fourth-order valence-electron chi connectivity index (χ4n) is 4.97. The SMILES string of the molecule is Cc1cc(OCC2CCOCC2)cc(C)c1-c1ccc(F)c(COc2cnc([C@@H]3C[C@H]3C(=O)O)cn2)c1. The number of aromatic nitrogens is 2. The number of hydrogen-bond donors (Lipinski definition) is 1. The molecule has 7 nitrogen and oxygen atoms in total. The zero-order chi connectivity index (χ0) is 25.9. The summed E-state index contributed by atoms with van der Waals surface area (Å²) in [6, 6.07) is 9.10. The summed E-state index contributed by atoms with van der Waals surface area (Å²) in [5.41, 5.74) is 5.11. The first-order valence-corrected chi connectivity index (χ1v) is 12.7. The largest absolute Gasteiger partial charge is 0.493 e. The van der Waals surface area contributed by atoms with Crippen molar-refractivity contribution in [3.05, 3.63) is 70.9 Å². The normalized spacial score (nSPS) is 19.4.